The molecule has 0 saturated carbocycles. The Morgan fingerprint density at radius 3 is 2.72 bits per heavy atom. The highest BCUT2D eigenvalue weighted by atomic mass is 35.5. The second-order valence-electron chi connectivity index (χ2n) is 5.68. The summed E-state index contributed by atoms with van der Waals surface area (Å²) in [7, 11) is 0. The minimum Gasteiger partial charge on any atom is -0.478 e. The number of carboxylic acids is 1. The Hall–Kier alpha value is -2.99. The van der Waals surface area contributed by atoms with Crippen molar-refractivity contribution < 1.29 is 9.90 Å². The minimum atomic E-state index is -0.994. The molecule has 1 aliphatic rings. The van der Waals surface area contributed by atoms with Crippen LogP contribution in [0.4, 0.5) is 0 Å². The van der Waals surface area contributed by atoms with Gasteiger partial charge in [-0.2, -0.15) is 0 Å². The Labute approximate surface area is 148 Å². The summed E-state index contributed by atoms with van der Waals surface area (Å²) in [5.41, 5.74) is 3.07. The third-order valence-corrected chi connectivity index (χ3v) is 4.47. The van der Waals surface area contributed by atoms with Gasteiger partial charge in [-0.25, -0.2) is 4.79 Å². The summed E-state index contributed by atoms with van der Waals surface area (Å²) in [4.78, 5) is 16.1. The molecule has 1 aromatic heterocycles. The molecule has 1 aliphatic heterocycles. The number of carboxylic acid groups (broad SMARTS) is 1. The van der Waals surface area contributed by atoms with Crippen molar-refractivity contribution in [1.82, 2.24) is 14.8 Å². The smallest absolute Gasteiger partial charge is 0.335 e. The molecule has 0 spiro atoms. The average molecular weight is 353 g/mol. The molecular formula is C18H13ClN4O2. The Balaban J connectivity index is 2.03. The fraction of sp³-hybridized carbons (Fsp3) is 0.111. The lowest BCUT2D eigenvalue weighted by molar-refractivity contribution is 0.0697. The van der Waals surface area contributed by atoms with Crippen molar-refractivity contribution in [2.45, 2.75) is 13.5 Å². The number of nitrogens with zero attached hydrogens (tertiary/aromatic N) is 4. The zero-order chi connectivity index (χ0) is 17.6. The van der Waals surface area contributed by atoms with E-state index in [1.54, 1.807) is 24.3 Å². The van der Waals surface area contributed by atoms with E-state index in [4.69, 9.17) is 11.6 Å². The number of carbonyl (C=O) groups is 1. The second kappa shape index (κ2) is 5.82. The quantitative estimate of drug-likeness (QED) is 0.767. The molecule has 0 amide bonds. The van der Waals surface area contributed by atoms with Gasteiger partial charge in [-0.15, -0.1) is 10.2 Å². The lowest BCUT2D eigenvalue weighted by Crippen LogP contribution is -2.11. The molecule has 2 heterocycles. The van der Waals surface area contributed by atoms with Crippen LogP contribution in [0.5, 0.6) is 0 Å². The molecule has 6 nitrogen and oxygen atoms in total. The van der Waals surface area contributed by atoms with Gasteiger partial charge in [0.25, 0.3) is 0 Å². The number of halogens is 1. The van der Waals surface area contributed by atoms with Crippen molar-refractivity contribution in [2.24, 2.45) is 4.99 Å². The van der Waals surface area contributed by atoms with Crippen molar-refractivity contribution in [1.29, 1.82) is 0 Å². The molecule has 3 aromatic rings. The molecule has 4 rings (SSSR count). The molecule has 0 radical (unpaired) electrons. The Kier molecular flexibility index (Phi) is 3.62. The van der Waals surface area contributed by atoms with E-state index in [9.17, 15) is 9.90 Å². The van der Waals surface area contributed by atoms with Crippen molar-refractivity contribution in [3.8, 4) is 5.69 Å². The number of aromatic carboxylic acids is 1. The van der Waals surface area contributed by atoms with Gasteiger partial charge in [-0.05, 0) is 31.2 Å². The van der Waals surface area contributed by atoms with E-state index in [0.29, 0.717) is 28.7 Å². The van der Waals surface area contributed by atoms with Gasteiger partial charge in [0.2, 0.25) is 0 Å². The zero-order valence-electron chi connectivity index (χ0n) is 13.3. The van der Waals surface area contributed by atoms with Gasteiger partial charge in [0.1, 0.15) is 12.4 Å². The van der Waals surface area contributed by atoms with Gasteiger partial charge in [-0.3, -0.25) is 9.56 Å². The standard InChI is InChI=1S/C18H13ClN4O2/c1-10-21-22-16-9-20-17(12-4-2-3-5-14(12)19)13-8-11(18(24)25)6-7-15(13)23(10)16/h2-8H,9H2,1H3,(H,24,25). The maximum Gasteiger partial charge on any atom is 0.335 e. The van der Waals surface area contributed by atoms with E-state index < -0.39 is 5.97 Å². The monoisotopic (exact) mass is 352 g/mol. The first-order valence-electron chi connectivity index (χ1n) is 7.64. The SMILES string of the molecule is Cc1nnc2n1-c1ccc(C(=O)O)cc1C(c1ccccc1Cl)=NC2. The summed E-state index contributed by atoms with van der Waals surface area (Å²) in [6.45, 7) is 2.18. The highest BCUT2D eigenvalue weighted by molar-refractivity contribution is 6.35. The molecule has 7 heteroatoms. The van der Waals surface area contributed by atoms with Crippen molar-refractivity contribution >= 4 is 23.3 Å². The van der Waals surface area contributed by atoms with Gasteiger partial charge in [0.05, 0.1) is 17.0 Å². The number of aryl methyl sites for hydroxylation is 1. The first-order chi connectivity index (χ1) is 12.1. The summed E-state index contributed by atoms with van der Waals surface area (Å²) >= 11 is 6.36. The van der Waals surface area contributed by atoms with Crippen LogP contribution in [0, 0.1) is 6.92 Å². The van der Waals surface area contributed by atoms with Crippen LogP contribution in [0.1, 0.15) is 33.1 Å². The van der Waals surface area contributed by atoms with E-state index in [2.05, 4.69) is 15.2 Å². The van der Waals surface area contributed by atoms with Crippen LogP contribution >= 0.6 is 11.6 Å². The predicted molar refractivity (Wildman–Crippen MR) is 93.9 cm³/mol. The first kappa shape index (κ1) is 15.5. The number of aromatic nitrogens is 3. The van der Waals surface area contributed by atoms with Crippen LogP contribution in [-0.2, 0) is 6.54 Å². The van der Waals surface area contributed by atoms with Crippen LogP contribution < -0.4 is 0 Å². The summed E-state index contributed by atoms with van der Waals surface area (Å²) in [6.07, 6.45) is 0. The zero-order valence-corrected chi connectivity index (χ0v) is 14.0. The summed E-state index contributed by atoms with van der Waals surface area (Å²) in [6, 6.07) is 12.3. The van der Waals surface area contributed by atoms with E-state index in [-0.39, 0.29) is 5.56 Å². The predicted octanol–water partition coefficient (Wildman–Crippen LogP) is 3.28. The van der Waals surface area contributed by atoms with Gasteiger partial charge >= 0.3 is 5.97 Å². The second-order valence-corrected chi connectivity index (χ2v) is 6.09. The van der Waals surface area contributed by atoms with Crippen molar-refractivity contribution in [3.05, 3.63) is 75.8 Å². The van der Waals surface area contributed by atoms with Crippen molar-refractivity contribution in [2.75, 3.05) is 0 Å². The fourth-order valence-corrected chi connectivity index (χ4v) is 3.22. The van der Waals surface area contributed by atoms with Crippen LogP contribution in [0.2, 0.25) is 5.02 Å². The fourth-order valence-electron chi connectivity index (χ4n) is 2.99. The minimum absolute atomic E-state index is 0.188. The largest absolute Gasteiger partial charge is 0.478 e. The third-order valence-electron chi connectivity index (χ3n) is 4.14. The maximum absolute atomic E-state index is 11.4. The Morgan fingerprint density at radius 1 is 1.16 bits per heavy atom. The molecule has 1 N–H and O–H groups in total. The summed E-state index contributed by atoms with van der Waals surface area (Å²) in [5.74, 6) is 0.421. The molecule has 0 aliphatic carbocycles. The number of hydrogen-bond donors (Lipinski definition) is 1. The highest BCUT2D eigenvalue weighted by Crippen LogP contribution is 2.29. The van der Waals surface area contributed by atoms with Gasteiger partial charge < -0.3 is 5.11 Å². The van der Waals surface area contributed by atoms with E-state index in [0.717, 1.165) is 17.1 Å². The van der Waals surface area contributed by atoms with E-state index >= 15 is 0 Å². The number of benzene rings is 2. The van der Waals surface area contributed by atoms with Gasteiger partial charge in [-0.1, -0.05) is 29.8 Å². The molecule has 0 atom stereocenters. The molecule has 2 aromatic carbocycles. The Bertz CT molecular complexity index is 1040. The number of rotatable bonds is 2. The molecule has 0 saturated heterocycles. The van der Waals surface area contributed by atoms with Crippen LogP contribution in [0.3, 0.4) is 0 Å². The lowest BCUT2D eigenvalue weighted by atomic mass is 9.98. The topological polar surface area (TPSA) is 80.4 Å². The summed E-state index contributed by atoms with van der Waals surface area (Å²) in [5, 5.41) is 18.2. The molecule has 25 heavy (non-hydrogen) atoms. The van der Waals surface area contributed by atoms with Crippen molar-refractivity contribution in [3.63, 3.8) is 0 Å². The van der Waals surface area contributed by atoms with Gasteiger partial charge in [0, 0.05) is 16.1 Å². The number of aliphatic imine (C=N–C) groups is 1. The third kappa shape index (κ3) is 2.51. The lowest BCUT2D eigenvalue weighted by Gasteiger charge is -2.14. The van der Waals surface area contributed by atoms with E-state index in [1.165, 1.54) is 0 Å². The van der Waals surface area contributed by atoms with E-state index in [1.807, 2.05) is 29.7 Å². The normalized spacial score (nSPS) is 12.8. The Morgan fingerprint density at radius 2 is 1.96 bits per heavy atom. The molecule has 0 bridgehead atoms. The number of hydrogen-bond acceptors (Lipinski definition) is 4. The average Bonchev–Trinajstić information content (AvgIpc) is 2.88. The number of fused-ring (bicyclic) bond motifs is 3. The molecule has 0 fully saturated rings. The van der Waals surface area contributed by atoms with Crippen LogP contribution in [-0.4, -0.2) is 31.6 Å². The summed E-state index contributed by atoms with van der Waals surface area (Å²) < 4.78 is 1.90. The molecular weight excluding hydrogens is 340 g/mol. The van der Waals surface area contributed by atoms with Gasteiger partial charge in [0.15, 0.2) is 5.82 Å². The van der Waals surface area contributed by atoms with Crippen LogP contribution in [0.15, 0.2) is 47.5 Å². The molecule has 124 valence electrons. The first-order valence-corrected chi connectivity index (χ1v) is 8.02. The highest BCUT2D eigenvalue weighted by Gasteiger charge is 2.23. The van der Waals surface area contributed by atoms with Crippen LogP contribution in [0.25, 0.3) is 5.69 Å². The molecule has 0 unspecified atom stereocenters. The maximum atomic E-state index is 11.4.